The number of rotatable bonds is 9. The molecule has 0 aromatic heterocycles. The van der Waals surface area contributed by atoms with E-state index < -0.39 is 23.8 Å². The fourth-order valence-electron chi connectivity index (χ4n) is 1.99. The summed E-state index contributed by atoms with van der Waals surface area (Å²) in [5.74, 6) is -2.62. The highest BCUT2D eigenvalue weighted by molar-refractivity contribution is 6.02. The highest BCUT2D eigenvalue weighted by atomic mass is 16.5. The van der Waals surface area contributed by atoms with Gasteiger partial charge in [0.1, 0.15) is 24.1 Å². The van der Waals surface area contributed by atoms with Crippen molar-refractivity contribution in [2.75, 3.05) is 13.7 Å². The first-order chi connectivity index (χ1) is 11.4. The van der Waals surface area contributed by atoms with Gasteiger partial charge >= 0.3 is 12.1 Å². The van der Waals surface area contributed by atoms with E-state index in [1.165, 1.54) is 6.92 Å². The van der Waals surface area contributed by atoms with Gasteiger partial charge in [0.25, 0.3) is 0 Å². The maximum Gasteiger partial charge on any atom is 0.407 e. The van der Waals surface area contributed by atoms with Crippen LogP contribution in [-0.2, 0) is 30.5 Å². The zero-order chi connectivity index (χ0) is 17.9. The Kier molecular flexibility index (Phi) is 8.18. The molecule has 0 radical (unpaired) electrons. The number of ether oxygens (including phenoxy) is 2. The molecule has 130 valence electrons. The predicted octanol–water partition coefficient (Wildman–Crippen LogP) is 1.64. The summed E-state index contributed by atoms with van der Waals surface area (Å²) in [6.45, 7) is 1.43. The summed E-state index contributed by atoms with van der Waals surface area (Å²) in [5.41, 5.74) is 0.843. The zero-order valence-corrected chi connectivity index (χ0v) is 13.7. The van der Waals surface area contributed by atoms with Crippen molar-refractivity contribution in [2.24, 2.45) is 5.92 Å². The topological polar surface area (TPSA) is 98.8 Å². The van der Waals surface area contributed by atoms with Gasteiger partial charge in [0.15, 0.2) is 0 Å². The molecule has 1 unspecified atom stereocenters. The molecule has 0 aliphatic rings. The Balaban J connectivity index is 2.36. The molecular weight excluding hydrogens is 314 g/mol. The van der Waals surface area contributed by atoms with Crippen molar-refractivity contribution >= 4 is 23.6 Å². The van der Waals surface area contributed by atoms with Gasteiger partial charge in [-0.25, -0.2) is 4.79 Å². The summed E-state index contributed by atoms with van der Waals surface area (Å²) in [6, 6.07) is 9.15. The van der Waals surface area contributed by atoms with Crippen molar-refractivity contribution in [3.8, 4) is 0 Å². The largest absolute Gasteiger partial charge is 0.468 e. The summed E-state index contributed by atoms with van der Waals surface area (Å²) in [4.78, 5) is 46.2. The summed E-state index contributed by atoms with van der Waals surface area (Å²) < 4.78 is 9.52. The Bertz CT molecular complexity index is 584. The van der Waals surface area contributed by atoms with Gasteiger partial charge in [-0.15, -0.1) is 0 Å². The van der Waals surface area contributed by atoms with Crippen molar-refractivity contribution in [3.05, 3.63) is 35.9 Å². The summed E-state index contributed by atoms with van der Waals surface area (Å²) in [5, 5.41) is 2.43. The molecule has 0 heterocycles. The van der Waals surface area contributed by atoms with Crippen molar-refractivity contribution in [1.29, 1.82) is 0 Å². The minimum absolute atomic E-state index is 0.0118. The maximum absolute atomic E-state index is 12.0. The molecule has 0 fully saturated rings. The van der Waals surface area contributed by atoms with E-state index in [9.17, 15) is 19.2 Å². The number of methoxy groups -OCH3 is 1. The second-order valence-electron chi connectivity index (χ2n) is 5.19. The predicted molar refractivity (Wildman–Crippen MR) is 85.1 cm³/mol. The molecule has 7 heteroatoms. The van der Waals surface area contributed by atoms with Crippen LogP contribution in [0.5, 0.6) is 0 Å². The van der Waals surface area contributed by atoms with Crippen molar-refractivity contribution in [1.82, 2.24) is 5.32 Å². The maximum atomic E-state index is 12.0. The van der Waals surface area contributed by atoms with Crippen LogP contribution >= 0.6 is 0 Å². The molecular formula is C17H21NO6. The second-order valence-corrected chi connectivity index (χ2v) is 5.19. The molecule has 0 aliphatic heterocycles. The Morgan fingerprint density at radius 3 is 2.38 bits per heavy atom. The van der Waals surface area contributed by atoms with E-state index in [0.717, 1.165) is 12.7 Å². The van der Waals surface area contributed by atoms with E-state index in [-0.39, 0.29) is 31.8 Å². The molecule has 1 aromatic carbocycles. The van der Waals surface area contributed by atoms with Crippen LogP contribution in [0.15, 0.2) is 30.3 Å². The van der Waals surface area contributed by atoms with Crippen LogP contribution in [0.2, 0.25) is 0 Å². The first kappa shape index (κ1) is 19.3. The van der Waals surface area contributed by atoms with E-state index in [2.05, 4.69) is 10.1 Å². The number of carbonyl (C=O) groups excluding carboxylic acids is 4. The average molecular weight is 335 g/mol. The average Bonchev–Trinajstić information content (AvgIpc) is 2.57. The lowest BCUT2D eigenvalue weighted by Crippen LogP contribution is -2.32. The highest BCUT2D eigenvalue weighted by Crippen LogP contribution is 2.10. The fraction of sp³-hybridized carbons (Fsp3) is 0.412. The molecule has 1 aromatic rings. The van der Waals surface area contributed by atoms with Crippen molar-refractivity contribution < 1.29 is 28.7 Å². The number of hydrogen-bond acceptors (Lipinski definition) is 6. The third-order valence-electron chi connectivity index (χ3n) is 3.22. The van der Waals surface area contributed by atoms with E-state index in [1.54, 1.807) is 0 Å². The van der Waals surface area contributed by atoms with Gasteiger partial charge in [0.05, 0.1) is 7.11 Å². The van der Waals surface area contributed by atoms with Crippen LogP contribution < -0.4 is 5.32 Å². The lowest BCUT2D eigenvalue weighted by atomic mass is 9.96. The van der Waals surface area contributed by atoms with Crippen LogP contribution in [0.4, 0.5) is 4.79 Å². The quantitative estimate of drug-likeness (QED) is 0.544. The van der Waals surface area contributed by atoms with Crippen LogP contribution in [0.25, 0.3) is 0 Å². The molecule has 1 rings (SSSR count). The van der Waals surface area contributed by atoms with Gasteiger partial charge in [0, 0.05) is 19.4 Å². The number of ketones is 2. The summed E-state index contributed by atoms with van der Waals surface area (Å²) in [6.07, 6.45) is -0.954. The van der Waals surface area contributed by atoms with E-state index in [0.29, 0.717) is 0 Å². The molecule has 24 heavy (non-hydrogen) atoms. The minimum atomic E-state index is -1.13. The van der Waals surface area contributed by atoms with E-state index >= 15 is 0 Å². The zero-order valence-electron chi connectivity index (χ0n) is 13.7. The molecule has 0 bridgehead atoms. The number of amides is 1. The lowest BCUT2D eigenvalue weighted by Gasteiger charge is -2.12. The normalized spacial score (nSPS) is 11.2. The molecule has 0 spiro atoms. The summed E-state index contributed by atoms with van der Waals surface area (Å²) >= 11 is 0. The lowest BCUT2D eigenvalue weighted by molar-refractivity contribution is -0.151. The van der Waals surface area contributed by atoms with E-state index in [4.69, 9.17) is 4.74 Å². The van der Waals surface area contributed by atoms with Crippen LogP contribution in [0.1, 0.15) is 25.3 Å². The number of esters is 1. The van der Waals surface area contributed by atoms with Gasteiger partial charge in [-0.1, -0.05) is 30.3 Å². The van der Waals surface area contributed by atoms with Crippen LogP contribution in [-0.4, -0.2) is 37.3 Å². The number of benzene rings is 1. The molecule has 7 nitrogen and oxygen atoms in total. The molecule has 1 N–H and O–H groups in total. The van der Waals surface area contributed by atoms with Crippen molar-refractivity contribution in [2.45, 2.75) is 26.4 Å². The van der Waals surface area contributed by atoms with Gasteiger partial charge < -0.3 is 14.8 Å². The third kappa shape index (κ3) is 7.04. The summed E-state index contributed by atoms with van der Waals surface area (Å²) in [7, 11) is 1.15. The third-order valence-corrected chi connectivity index (χ3v) is 3.22. The van der Waals surface area contributed by atoms with Gasteiger partial charge in [0.2, 0.25) is 0 Å². The first-order valence-corrected chi connectivity index (χ1v) is 7.48. The van der Waals surface area contributed by atoms with Gasteiger partial charge in [-0.2, -0.15) is 0 Å². The van der Waals surface area contributed by atoms with E-state index in [1.807, 2.05) is 30.3 Å². The monoisotopic (exact) mass is 335 g/mol. The molecule has 1 amide bonds. The van der Waals surface area contributed by atoms with Crippen molar-refractivity contribution in [3.63, 3.8) is 0 Å². The smallest absolute Gasteiger partial charge is 0.407 e. The number of alkyl carbamates (subject to hydrolysis) is 1. The van der Waals surface area contributed by atoms with Gasteiger partial charge in [-0.3, -0.25) is 14.4 Å². The number of hydrogen-bond donors (Lipinski definition) is 1. The minimum Gasteiger partial charge on any atom is -0.468 e. The second kappa shape index (κ2) is 10.1. The molecule has 0 aliphatic carbocycles. The molecule has 0 saturated heterocycles. The Morgan fingerprint density at radius 1 is 1.12 bits per heavy atom. The number of carbonyl (C=O) groups is 4. The SMILES string of the molecule is COC(=O)C(CC(C)=O)C(=O)CCNC(=O)OCc1ccccc1. The standard InChI is InChI=1S/C17H21NO6/c1-12(19)10-14(16(21)23-2)15(20)8-9-18-17(22)24-11-13-6-4-3-5-7-13/h3-7,14H,8-11H2,1-2H3,(H,18,22). The van der Waals surface area contributed by atoms with Crippen LogP contribution in [0, 0.1) is 5.92 Å². The fourth-order valence-corrected chi connectivity index (χ4v) is 1.99. The Hall–Kier alpha value is -2.70. The van der Waals surface area contributed by atoms with Crippen LogP contribution in [0.3, 0.4) is 0 Å². The molecule has 1 atom stereocenters. The molecule has 0 saturated carbocycles. The van der Waals surface area contributed by atoms with Gasteiger partial charge in [-0.05, 0) is 12.5 Å². The Labute approximate surface area is 140 Å². The highest BCUT2D eigenvalue weighted by Gasteiger charge is 2.28. The Morgan fingerprint density at radius 2 is 1.79 bits per heavy atom. The number of Topliss-reactive ketones (excluding diaryl/α,β-unsaturated/α-hetero) is 2. The number of nitrogens with one attached hydrogen (secondary N) is 1. The first-order valence-electron chi connectivity index (χ1n) is 7.48.